The van der Waals surface area contributed by atoms with Crippen LogP contribution in [-0.2, 0) is 16.0 Å². The number of nitrogens with one attached hydrogen (secondary N) is 1. The average Bonchev–Trinajstić information content (AvgIpc) is 2.98. The van der Waals surface area contributed by atoms with E-state index in [4.69, 9.17) is 9.47 Å². The molecule has 1 N–H and O–H groups in total. The molecular weight excluding hydrogens is 288 g/mol. The molecule has 2 aromatic rings. The van der Waals surface area contributed by atoms with Gasteiger partial charge in [0.25, 0.3) is 11.4 Å². The Morgan fingerprint density at radius 2 is 2.18 bits per heavy atom. The van der Waals surface area contributed by atoms with Gasteiger partial charge in [0.05, 0.1) is 7.11 Å². The molecule has 1 aromatic carbocycles. The number of benzene rings is 1. The summed E-state index contributed by atoms with van der Waals surface area (Å²) in [6, 6.07) is 9.28. The fourth-order valence-corrected chi connectivity index (χ4v) is 2.30. The second-order valence-electron chi connectivity index (χ2n) is 4.79. The molecule has 0 saturated heterocycles. The van der Waals surface area contributed by atoms with E-state index < -0.39 is 18.0 Å². The Morgan fingerprint density at radius 1 is 1.41 bits per heavy atom. The number of para-hydroxylation sites is 1. The van der Waals surface area contributed by atoms with Crippen molar-refractivity contribution >= 4 is 11.9 Å². The molecule has 0 amide bonds. The summed E-state index contributed by atoms with van der Waals surface area (Å²) in [7, 11) is 1.25. The van der Waals surface area contributed by atoms with E-state index in [1.807, 2.05) is 30.3 Å². The molecule has 0 spiro atoms. The zero-order valence-corrected chi connectivity index (χ0v) is 11.9. The van der Waals surface area contributed by atoms with Gasteiger partial charge in [-0.1, -0.05) is 18.2 Å². The van der Waals surface area contributed by atoms with E-state index in [0.717, 1.165) is 0 Å². The maximum absolute atomic E-state index is 12.1. The maximum atomic E-state index is 12.1. The van der Waals surface area contributed by atoms with Crippen molar-refractivity contribution in [3.05, 3.63) is 48.0 Å². The van der Waals surface area contributed by atoms with Crippen LogP contribution in [0.2, 0.25) is 0 Å². The minimum Gasteiger partial charge on any atom is -0.490 e. The SMILES string of the molecule is COC(=O)c1[nH]c[n+]2c1C(=O)OC(COc1ccccc1)C2. The lowest BCUT2D eigenvalue weighted by atomic mass is 10.2. The molecule has 0 aliphatic carbocycles. The van der Waals surface area contributed by atoms with Crippen LogP contribution in [0.3, 0.4) is 0 Å². The van der Waals surface area contributed by atoms with Crippen LogP contribution in [0.5, 0.6) is 5.75 Å². The number of aromatic nitrogens is 2. The standard InChI is InChI=1S/C15H14N2O5/c1-20-14(18)12-13-15(19)22-11(7-17(13)9-16-12)8-21-10-5-3-2-4-6-10/h2-6,9,11H,7-8H2,1H3/p+1. The minimum atomic E-state index is -0.607. The highest BCUT2D eigenvalue weighted by Crippen LogP contribution is 2.14. The first-order chi connectivity index (χ1) is 10.7. The first-order valence-corrected chi connectivity index (χ1v) is 6.77. The van der Waals surface area contributed by atoms with Gasteiger partial charge in [-0.2, -0.15) is 0 Å². The quantitative estimate of drug-likeness (QED) is 0.664. The molecule has 1 atom stereocenters. The lowest BCUT2D eigenvalue weighted by Gasteiger charge is -2.20. The number of H-pyrrole nitrogens is 1. The molecule has 114 valence electrons. The van der Waals surface area contributed by atoms with Gasteiger partial charge in [-0.25, -0.2) is 19.1 Å². The molecule has 7 nitrogen and oxygen atoms in total. The van der Waals surface area contributed by atoms with Crippen molar-refractivity contribution < 1.29 is 28.4 Å². The molecule has 3 rings (SSSR count). The van der Waals surface area contributed by atoms with E-state index >= 15 is 0 Å². The van der Waals surface area contributed by atoms with Gasteiger partial charge in [0.2, 0.25) is 6.33 Å². The summed E-state index contributed by atoms with van der Waals surface area (Å²) >= 11 is 0. The number of hydrogen-bond donors (Lipinski definition) is 1. The van der Waals surface area contributed by atoms with Crippen LogP contribution in [0, 0.1) is 0 Å². The molecule has 1 aromatic heterocycles. The highest BCUT2D eigenvalue weighted by atomic mass is 16.6. The predicted molar refractivity (Wildman–Crippen MR) is 73.5 cm³/mol. The second-order valence-corrected chi connectivity index (χ2v) is 4.79. The number of imidazole rings is 1. The highest BCUT2D eigenvalue weighted by Gasteiger charge is 2.38. The lowest BCUT2D eigenvalue weighted by molar-refractivity contribution is -0.710. The van der Waals surface area contributed by atoms with E-state index in [2.05, 4.69) is 9.72 Å². The fourth-order valence-electron chi connectivity index (χ4n) is 2.30. The van der Waals surface area contributed by atoms with Gasteiger partial charge in [-0.05, 0) is 12.1 Å². The first kappa shape index (κ1) is 14.1. The zero-order valence-electron chi connectivity index (χ0n) is 11.9. The summed E-state index contributed by atoms with van der Waals surface area (Å²) in [5.74, 6) is -0.474. The van der Waals surface area contributed by atoms with E-state index in [9.17, 15) is 9.59 Å². The van der Waals surface area contributed by atoms with E-state index in [-0.39, 0.29) is 18.0 Å². The van der Waals surface area contributed by atoms with Crippen LogP contribution in [-0.4, -0.2) is 36.7 Å². The first-order valence-electron chi connectivity index (χ1n) is 6.77. The smallest absolute Gasteiger partial charge is 0.383 e. The largest absolute Gasteiger partial charge is 0.490 e. The lowest BCUT2D eigenvalue weighted by Crippen LogP contribution is -2.52. The minimum absolute atomic E-state index is 0.0925. The second kappa shape index (κ2) is 5.88. The van der Waals surface area contributed by atoms with Gasteiger partial charge < -0.3 is 14.2 Å². The number of carbonyl (C=O) groups excluding carboxylic acids is 2. The van der Waals surface area contributed by atoms with Crippen molar-refractivity contribution in [2.24, 2.45) is 0 Å². The number of rotatable bonds is 4. The van der Waals surface area contributed by atoms with Crippen molar-refractivity contribution in [2.75, 3.05) is 13.7 Å². The zero-order chi connectivity index (χ0) is 15.5. The Labute approximate surface area is 126 Å². The molecule has 0 fully saturated rings. The number of cyclic esters (lactones) is 1. The van der Waals surface area contributed by atoms with Gasteiger partial charge in [0, 0.05) is 0 Å². The highest BCUT2D eigenvalue weighted by molar-refractivity contribution is 5.99. The Morgan fingerprint density at radius 3 is 2.91 bits per heavy atom. The number of hydrogen-bond acceptors (Lipinski definition) is 5. The van der Waals surface area contributed by atoms with Crippen LogP contribution in [0.1, 0.15) is 21.0 Å². The van der Waals surface area contributed by atoms with Crippen molar-refractivity contribution in [1.29, 1.82) is 0 Å². The number of carbonyl (C=O) groups is 2. The molecule has 0 radical (unpaired) electrons. The van der Waals surface area contributed by atoms with Crippen LogP contribution in [0.4, 0.5) is 0 Å². The van der Waals surface area contributed by atoms with Crippen molar-refractivity contribution in [3.63, 3.8) is 0 Å². The summed E-state index contributed by atoms with van der Waals surface area (Å²) in [4.78, 5) is 26.4. The van der Waals surface area contributed by atoms with E-state index in [0.29, 0.717) is 12.3 Å². The van der Waals surface area contributed by atoms with Gasteiger partial charge in [0.1, 0.15) is 18.9 Å². The molecule has 1 aliphatic rings. The number of nitrogens with zero attached hydrogens (tertiary/aromatic N) is 1. The average molecular weight is 303 g/mol. The fraction of sp³-hybridized carbons (Fsp3) is 0.267. The molecule has 1 unspecified atom stereocenters. The molecule has 22 heavy (non-hydrogen) atoms. The molecular formula is C15H15N2O5+. The summed E-state index contributed by atoms with van der Waals surface area (Å²) in [5, 5.41) is 0. The summed E-state index contributed by atoms with van der Waals surface area (Å²) in [6.07, 6.45) is 1.13. The monoisotopic (exact) mass is 303 g/mol. The predicted octanol–water partition coefficient (Wildman–Crippen LogP) is 0.707. The van der Waals surface area contributed by atoms with E-state index in [1.54, 1.807) is 10.9 Å². The van der Waals surface area contributed by atoms with Crippen molar-refractivity contribution in [2.45, 2.75) is 12.6 Å². The van der Waals surface area contributed by atoms with Gasteiger partial charge in [-0.3, -0.25) is 0 Å². The summed E-state index contributed by atoms with van der Waals surface area (Å²) < 4.78 is 17.2. The molecule has 0 saturated carbocycles. The molecule has 0 bridgehead atoms. The Bertz CT molecular complexity index is 695. The third-order valence-electron chi connectivity index (χ3n) is 3.32. The van der Waals surface area contributed by atoms with Crippen molar-refractivity contribution in [3.8, 4) is 5.75 Å². The molecule has 7 heteroatoms. The number of methoxy groups -OCH3 is 1. The Balaban J connectivity index is 1.71. The van der Waals surface area contributed by atoms with Gasteiger partial charge in [-0.15, -0.1) is 0 Å². The van der Waals surface area contributed by atoms with Gasteiger partial charge in [0.15, 0.2) is 6.10 Å². The van der Waals surface area contributed by atoms with Crippen LogP contribution in [0.25, 0.3) is 0 Å². The normalized spacial score (nSPS) is 16.6. The summed E-state index contributed by atoms with van der Waals surface area (Å²) in [5.41, 5.74) is 0.262. The number of aromatic amines is 1. The number of fused-ring (bicyclic) bond motifs is 1. The third-order valence-corrected chi connectivity index (χ3v) is 3.32. The van der Waals surface area contributed by atoms with Crippen LogP contribution < -0.4 is 9.30 Å². The van der Waals surface area contributed by atoms with Crippen molar-refractivity contribution in [1.82, 2.24) is 4.98 Å². The van der Waals surface area contributed by atoms with Crippen LogP contribution in [0.15, 0.2) is 36.7 Å². The van der Waals surface area contributed by atoms with E-state index in [1.165, 1.54) is 7.11 Å². The Hall–Kier alpha value is -2.83. The Kier molecular flexibility index (Phi) is 3.78. The third kappa shape index (κ3) is 2.65. The maximum Gasteiger partial charge on any atom is 0.383 e. The molecule has 2 heterocycles. The summed E-state index contributed by atoms with van der Waals surface area (Å²) in [6.45, 7) is 0.641. The topological polar surface area (TPSA) is 81.5 Å². The number of esters is 2. The van der Waals surface area contributed by atoms with Crippen LogP contribution >= 0.6 is 0 Å². The number of ether oxygens (including phenoxy) is 3. The molecule has 1 aliphatic heterocycles. The van der Waals surface area contributed by atoms with Gasteiger partial charge >= 0.3 is 11.9 Å².